The molecule has 104 valence electrons. The number of hydrogen-bond acceptors (Lipinski definition) is 5. The predicted molar refractivity (Wildman–Crippen MR) is 76.9 cm³/mol. The Kier molecular flexibility index (Phi) is 11.8. The molecular weight excluding hydrogens is 359 g/mol. The molecule has 0 aromatic rings. The summed E-state index contributed by atoms with van der Waals surface area (Å²) in [5.41, 5.74) is 0. The third-order valence-electron chi connectivity index (χ3n) is 2.49. The van der Waals surface area contributed by atoms with Crippen LogP contribution in [0.5, 0.6) is 0 Å². The predicted octanol–water partition coefficient (Wildman–Crippen LogP) is 2.80. The van der Waals surface area contributed by atoms with Crippen molar-refractivity contribution >= 4 is 45.0 Å². The fourth-order valence-corrected chi connectivity index (χ4v) is 9.14. The van der Waals surface area contributed by atoms with Gasteiger partial charge in [-0.25, -0.2) is 0 Å². The van der Waals surface area contributed by atoms with Gasteiger partial charge in [-0.05, 0) is 0 Å². The Balaban J connectivity index is 4.15. The average molecular weight is 381 g/mol. The molecule has 0 aliphatic rings. The number of rotatable bonds is 9. The van der Waals surface area contributed by atoms with Crippen LogP contribution in [0.4, 0.5) is 0 Å². The molecule has 0 aromatic heterocycles. The second kappa shape index (κ2) is 11.9. The van der Waals surface area contributed by atoms with Crippen LogP contribution in [0.25, 0.3) is 0 Å². The maximum atomic E-state index is 11.5. The van der Waals surface area contributed by atoms with Crippen LogP contribution in [0, 0.1) is 0 Å². The summed E-state index contributed by atoms with van der Waals surface area (Å²) in [4.78, 5) is 22.3. The fourth-order valence-electron chi connectivity index (χ4n) is 1.50. The first-order valence-electron chi connectivity index (χ1n) is 6.38. The van der Waals surface area contributed by atoms with Gasteiger partial charge in [-0.1, -0.05) is 0 Å². The summed E-state index contributed by atoms with van der Waals surface area (Å²) < 4.78 is 11.8. The molecular formula is C12H22O4SSn. The van der Waals surface area contributed by atoms with Crippen LogP contribution in [0.3, 0.4) is 0 Å². The van der Waals surface area contributed by atoms with E-state index in [1.54, 1.807) is 0 Å². The number of carbonyl (C=O) groups excluding carboxylic acids is 2. The first-order chi connectivity index (χ1) is 8.63. The summed E-state index contributed by atoms with van der Waals surface area (Å²) in [6.07, 6.45) is 6.66. The van der Waals surface area contributed by atoms with E-state index < -0.39 is 32.1 Å². The molecule has 0 saturated carbocycles. The van der Waals surface area contributed by atoms with Crippen molar-refractivity contribution in [3.63, 3.8) is 0 Å². The molecule has 0 rings (SSSR count). The summed E-state index contributed by atoms with van der Waals surface area (Å²) in [5.74, 6) is -1.08. The van der Waals surface area contributed by atoms with Gasteiger partial charge >= 0.3 is 122 Å². The molecule has 0 fully saturated rings. The van der Waals surface area contributed by atoms with Crippen LogP contribution in [0.15, 0.2) is 12.2 Å². The van der Waals surface area contributed by atoms with Crippen molar-refractivity contribution in [2.24, 2.45) is 0 Å². The van der Waals surface area contributed by atoms with Crippen LogP contribution in [0.1, 0.15) is 39.5 Å². The van der Waals surface area contributed by atoms with Crippen LogP contribution in [-0.4, -0.2) is 32.1 Å². The number of thiol groups is 1. The molecule has 0 bridgehead atoms. The Bertz CT molecular complexity index is 273. The Morgan fingerprint density at radius 3 is 2.00 bits per heavy atom. The van der Waals surface area contributed by atoms with E-state index in [1.165, 1.54) is 0 Å². The Labute approximate surface area is 122 Å². The summed E-state index contributed by atoms with van der Waals surface area (Å²) in [7, 11) is 0. The average Bonchev–Trinajstić information content (AvgIpc) is 2.38. The van der Waals surface area contributed by atoms with Gasteiger partial charge in [-0.15, -0.1) is 0 Å². The van der Waals surface area contributed by atoms with Crippen molar-refractivity contribution in [2.45, 2.75) is 48.4 Å². The van der Waals surface area contributed by atoms with Gasteiger partial charge in [0.05, 0.1) is 0 Å². The van der Waals surface area contributed by atoms with E-state index >= 15 is 0 Å². The zero-order valence-electron chi connectivity index (χ0n) is 11.1. The van der Waals surface area contributed by atoms with E-state index in [9.17, 15) is 9.59 Å². The van der Waals surface area contributed by atoms with E-state index in [-0.39, 0.29) is 0 Å². The number of carbonyl (C=O) groups is 2. The van der Waals surface area contributed by atoms with Crippen molar-refractivity contribution in [1.29, 1.82) is 0 Å². The van der Waals surface area contributed by atoms with Crippen molar-refractivity contribution in [2.75, 3.05) is 0 Å². The fraction of sp³-hybridized carbons (Fsp3) is 0.667. The molecule has 4 nitrogen and oxygen atoms in total. The molecule has 0 saturated heterocycles. The summed E-state index contributed by atoms with van der Waals surface area (Å²) in [5, 5.41) is 0. The second-order valence-corrected chi connectivity index (χ2v) is 11.8. The zero-order chi connectivity index (χ0) is 13.8. The second-order valence-electron chi connectivity index (χ2n) is 4.09. The summed E-state index contributed by atoms with van der Waals surface area (Å²) in [6.45, 7) is 4.26. The van der Waals surface area contributed by atoms with E-state index in [2.05, 4.69) is 30.9 Å². The third-order valence-corrected chi connectivity index (χ3v) is 10.3. The molecule has 6 heteroatoms. The molecule has 0 unspecified atom stereocenters. The zero-order valence-corrected chi connectivity index (χ0v) is 15.2. The normalized spacial score (nSPS) is 10.9. The van der Waals surface area contributed by atoms with Gasteiger partial charge in [0, 0.05) is 0 Å². The topological polar surface area (TPSA) is 52.6 Å². The molecule has 0 heterocycles. The van der Waals surface area contributed by atoms with Gasteiger partial charge in [0.15, 0.2) is 0 Å². The molecule has 0 atom stereocenters. The number of unbranched alkanes of at least 4 members (excludes halogenated alkanes) is 2. The SMILES string of the molecule is CCC[CH2][SnH]([CH2]CCC)[O]C(=O)/C=C\C(=O)OS. The standard InChI is InChI=1S/C4H4O4S.2C4H9.Sn.H/c5-3(6)1-2-4(7)8-9;2*1-3-4-2;;/h1-2,9H,(H,5,6);2*1,3-4H2,2H3;;/q;;;+1;/p-1/b2-1-;;;;. The molecule has 0 spiro atoms. The minimum absolute atomic E-state index is 0.415. The Morgan fingerprint density at radius 1 is 1.06 bits per heavy atom. The van der Waals surface area contributed by atoms with Gasteiger partial charge in [-0.3, -0.25) is 0 Å². The first-order valence-corrected chi connectivity index (χ1v) is 12.7. The van der Waals surface area contributed by atoms with E-state index in [0.29, 0.717) is 0 Å². The van der Waals surface area contributed by atoms with E-state index in [4.69, 9.17) is 3.07 Å². The van der Waals surface area contributed by atoms with Crippen LogP contribution in [0.2, 0.25) is 8.87 Å². The first kappa shape index (κ1) is 17.8. The monoisotopic (exact) mass is 382 g/mol. The van der Waals surface area contributed by atoms with Crippen molar-refractivity contribution < 1.29 is 16.8 Å². The molecule has 0 aliphatic carbocycles. The van der Waals surface area contributed by atoms with Crippen LogP contribution < -0.4 is 0 Å². The molecule has 0 N–H and O–H groups in total. The van der Waals surface area contributed by atoms with Gasteiger partial charge < -0.3 is 0 Å². The quantitative estimate of drug-likeness (QED) is 0.289. The molecule has 0 radical (unpaired) electrons. The van der Waals surface area contributed by atoms with Gasteiger partial charge in [0.1, 0.15) is 0 Å². The number of hydrogen-bond donors (Lipinski definition) is 1. The molecule has 0 amide bonds. The van der Waals surface area contributed by atoms with Crippen LogP contribution >= 0.6 is 12.9 Å². The van der Waals surface area contributed by atoms with Gasteiger partial charge in [-0.2, -0.15) is 0 Å². The molecule has 18 heavy (non-hydrogen) atoms. The molecule has 0 aromatic carbocycles. The van der Waals surface area contributed by atoms with Crippen LogP contribution in [-0.2, 0) is 16.8 Å². The van der Waals surface area contributed by atoms with Crippen molar-refractivity contribution in [1.82, 2.24) is 0 Å². The molecule has 0 aliphatic heterocycles. The van der Waals surface area contributed by atoms with Gasteiger partial charge in [0.25, 0.3) is 0 Å². The summed E-state index contributed by atoms with van der Waals surface area (Å²) in [6, 6.07) is 0. The van der Waals surface area contributed by atoms with Crippen molar-refractivity contribution in [3.8, 4) is 0 Å². The van der Waals surface area contributed by atoms with E-state index in [1.807, 2.05) is 0 Å². The third kappa shape index (κ3) is 9.82. The van der Waals surface area contributed by atoms with Crippen molar-refractivity contribution in [3.05, 3.63) is 12.2 Å². The van der Waals surface area contributed by atoms with Gasteiger partial charge in [0.2, 0.25) is 0 Å². The van der Waals surface area contributed by atoms with E-state index in [0.717, 1.165) is 46.7 Å². The Hall–Kier alpha value is -0.171. The Morgan fingerprint density at radius 2 is 1.56 bits per heavy atom. The summed E-state index contributed by atoms with van der Waals surface area (Å²) >= 11 is 1.15. The maximum absolute atomic E-state index is 11.5. The minimum atomic E-state index is -2.19.